The molecular weight excluding hydrogens is 314 g/mol. The highest BCUT2D eigenvalue weighted by Gasteiger charge is 2.36. The van der Waals surface area contributed by atoms with E-state index in [2.05, 4.69) is 12.2 Å². The minimum absolute atomic E-state index is 0.0213. The van der Waals surface area contributed by atoms with Crippen LogP contribution in [-0.4, -0.2) is 55.7 Å². The van der Waals surface area contributed by atoms with Crippen LogP contribution in [0, 0.1) is 5.92 Å². The summed E-state index contributed by atoms with van der Waals surface area (Å²) in [5, 5.41) is 3.23. The maximum Gasteiger partial charge on any atom is 0.281 e. The van der Waals surface area contributed by atoms with Crippen molar-refractivity contribution in [3.05, 3.63) is 0 Å². The first kappa shape index (κ1) is 18.7. The standard InChI is InChI=1S/C16H31N3O3S/c1-16(10-6-4-5-7-11-16)17-15(20)14-9-8-12-19(13-14)23(21,22)18(2)3/h14H,4-13H2,1-3H3,(H,17,20). The topological polar surface area (TPSA) is 69.7 Å². The van der Waals surface area contributed by atoms with E-state index in [1.807, 2.05) is 0 Å². The van der Waals surface area contributed by atoms with Crippen LogP contribution >= 0.6 is 0 Å². The Morgan fingerprint density at radius 2 is 1.74 bits per heavy atom. The summed E-state index contributed by atoms with van der Waals surface area (Å²) in [5.41, 5.74) is -0.129. The molecule has 1 saturated carbocycles. The fraction of sp³-hybridized carbons (Fsp3) is 0.938. The van der Waals surface area contributed by atoms with Crippen molar-refractivity contribution in [1.29, 1.82) is 0 Å². The van der Waals surface area contributed by atoms with Crippen LogP contribution in [0.15, 0.2) is 0 Å². The lowest BCUT2D eigenvalue weighted by molar-refractivity contribution is -0.128. The molecule has 1 amide bonds. The highest BCUT2D eigenvalue weighted by atomic mass is 32.2. The number of hydrogen-bond donors (Lipinski definition) is 1. The van der Waals surface area contributed by atoms with Gasteiger partial charge in [-0.2, -0.15) is 17.0 Å². The molecule has 134 valence electrons. The second-order valence-corrected chi connectivity index (χ2v) is 9.59. The highest BCUT2D eigenvalue weighted by Crippen LogP contribution is 2.28. The van der Waals surface area contributed by atoms with Crippen LogP contribution in [0.3, 0.4) is 0 Å². The zero-order valence-corrected chi connectivity index (χ0v) is 15.5. The lowest BCUT2D eigenvalue weighted by atomic mass is 9.90. The van der Waals surface area contributed by atoms with Gasteiger partial charge in [0.15, 0.2) is 0 Å². The van der Waals surface area contributed by atoms with Gasteiger partial charge in [0.05, 0.1) is 5.92 Å². The zero-order chi connectivity index (χ0) is 17.1. The van der Waals surface area contributed by atoms with Gasteiger partial charge in [0.2, 0.25) is 5.91 Å². The molecule has 2 fully saturated rings. The van der Waals surface area contributed by atoms with Gasteiger partial charge in [-0.05, 0) is 32.6 Å². The minimum atomic E-state index is -3.43. The van der Waals surface area contributed by atoms with Crippen molar-refractivity contribution in [3.8, 4) is 0 Å². The van der Waals surface area contributed by atoms with Crippen molar-refractivity contribution in [3.63, 3.8) is 0 Å². The van der Waals surface area contributed by atoms with Crippen molar-refractivity contribution in [1.82, 2.24) is 13.9 Å². The highest BCUT2D eigenvalue weighted by molar-refractivity contribution is 7.86. The van der Waals surface area contributed by atoms with Gasteiger partial charge in [0.1, 0.15) is 0 Å². The van der Waals surface area contributed by atoms with E-state index in [9.17, 15) is 13.2 Å². The third-order valence-corrected chi connectivity index (χ3v) is 7.08. The minimum Gasteiger partial charge on any atom is -0.351 e. The summed E-state index contributed by atoms with van der Waals surface area (Å²) in [6.07, 6.45) is 8.33. The van der Waals surface area contributed by atoms with E-state index in [0.717, 1.165) is 38.5 Å². The number of piperidine rings is 1. The smallest absolute Gasteiger partial charge is 0.281 e. The Kier molecular flexibility index (Phi) is 6.08. The SMILES string of the molecule is CN(C)S(=O)(=O)N1CCCC(C(=O)NC2(C)CCCCCC2)C1. The molecule has 1 saturated heterocycles. The summed E-state index contributed by atoms with van der Waals surface area (Å²) in [4.78, 5) is 12.7. The van der Waals surface area contributed by atoms with E-state index in [4.69, 9.17) is 0 Å². The normalized spacial score (nSPS) is 26.7. The summed E-state index contributed by atoms with van der Waals surface area (Å²) < 4.78 is 27.2. The lowest BCUT2D eigenvalue weighted by Gasteiger charge is -2.36. The van der Waals surface area contributed by atoms with Crippen LogP contribution in [0.25, 0.3) is 0 Å². The Balaban J connectivity index is 1.99. The molecule has 0 spiro atoms. The summed E-state index contributed by atoms with van der Waals surface area (Å²) in [7, 11) is -0.367. The largest absolute Gasteiger partial charge is 0.351 e. The summed E-state index contributed by atoms with van der Waals surface area (Å²) in [5.74, 6) is -0.216. The second kappa shape index (κ2) is 7.49. The zero-order valence-electron chi connectivity index (χ0n) is 14.7. The molecule has 1 aliphatic heterocycles. The van der Waals surface area contributed by atoms with Crippen LogP contribution < -0.4 is 5.32 Å². The van der Waals surface area contributed by atoms with Crippen LogP contribution in [-0.2, 0) is 15.0 Å². The van der Waals surface area contributed by atoms with Gasteiger partial charge in [0.25, 0.3) is 10.2 Å². The molecule has 2 rings (SSSR count). The number of nitrogens with one attached hydrogen (secondary N) is 1. The van der Waals surface area contributed by atoms with E-state index in [1.165, 1.54) is 35.5 Å². The van der Waals surface area contributed by atoms with E-state index in [0.29, 0.717) is 13.1 Å². The number of carbonyl (C=O) groups is 1. The molecule has 1 N–H and O–H groups in total. The molecular formula is C16H31N3O3S. The van der Waals surface area contributed by atoms with E-state index in [-0.39, 0.29) is 17.4 Å². The third kappa shape index (κ3) is 4.67. The molecule has 0 radical (unpaired) electrons. The van der Waals surface area contributed by atoms with Crippen LogP contribution in [0.5, 0.6) is 0 Å². The van der Waals surface area contributed by atoms with Crippen molar-refractivity contribution in [2.24, 2.45) is 5.92 Å². The van der Waals surface area contributed by atoms with Gasteiger partial charge in [-0.25, -0.2) is 0 Å². The number of hydrogen-bond acceptors (Lipinski definition) is 3. The third-order valence-electron chi connectivity index (χ3n) is 5.17. The molecule has 7 heteroatoms. The van der Waals surface area contributed by atoms with Gasteiger partial charge >= 0.3 is 0 Å². The summed E-state index contributed by atoms with van der Waals surface area (Å²) >= 11 is 0. The fourth-order valence-electron chi connectivity index (χ4n) is 3.63. The number of carbonyl (C=O) groups excluding carboxylic acids is 1. The van der Waals surface area contributed by atoms with Crippen molar-refractivity contribution in [2.45, 2.75) is 63.8 Å². The predicted octanol–water partition coefficient (Wildman–Crippen LogP) is 1.73. The Bertz CT molecular complexity index is 511. The first-order chi connectivity index (χ1) is 10.7. The summed E-state index contributed by atoms with van der Waals surface area (Å²) in [6, 6.07) is 0. The van der Waals surface area contributed by atoms with Gasteiger partial charge in [-0.1, -0.05) is 25.7 Å². The van der Waals surface area contributed by atoms with E-state index >= 15 is 0 Å². The van der Waals surface area contributed by atoms with Crippen LogP contribution in [0.1, 0.15) is 58.3 Å². The molecule has 1 atom stereocenters. The fourth-order valence-corrected chi connectivity index (χ4v) is 4.82. The van der Waals surface area contributed by atoms with Crippen LogP contribution in [0.4, 0.5) is 0 Å². The molecule has 0 aromatic carbocycles. The number of amides is 1. The molecule has 2 aliphatic rings. The molecule has 1 aliphatic carbocycles. The maximum absolute atomic E-state index is 12.7. The Labute approximate surface area is 140 Å². The number of rotatable bonds is 4. The van der Waals surface area contributed by atoms with E-state index < -0.39 is 10.2 Å². The van der Waals surface area contributed by atoms with Gasteiger partial charge in [-0.15, -0.1) is 0 Å². The average Bonchev–Trinajstić information content (AvgIpc) is 2.71. The van der Waals surface area contributed by atoms with Gasteiger partial charge in [-0.3, -0.25) is 4.79 Å². The lowest BCUT2D eigenvalue weighted by Crippen LogP contribution is -2.53. The van der Waals surface area contributed by atoms with Crippen molar-refractivity contribution in [2.75, 3.05) is 27.2 Å². The molecule has 0 aromatic rings. The van der Waals surface area contributed by atoms with Gasteiger partial charge in [0, 0.05) is 32.7 Å². The Hall–Kier alpha value is -0.660. The van der Waals surface area contributed by atoms with Crippen LogP contribution in [0.2, 0.25) is 0 Å². The predicted molar refractivity (Wildman–Crippen MR) is 91.2 cm³/mol. The second-order valence-electron chi connectivity index (χ2n) is 7.45. The molecule has 6 nitrogen and oxygen atoms in total. The van der Waals surface area contributed by atoms with Gasteiger partial charge < -0.3 is 5.32 Å². The molecule has 1 unspecified atom stereocenters. The Morgan fingerprint density at radius 3 is 2.30 bits per heavy atom. The van der Waals surface area contributed by atoms with Crippen molar-refractivity contribution >= 4 is 16.1 Å². The molecule has 1 heterocycles. The van der Waals surface area contributed by atoms with E-state index in [1.54, 1.807) is 0 Å². The Morgan fingerprint density at radius 1 is 1.13 bits per heavy atom. The average molecular weight is 346 g/mol. The maximum atomic E-state index is 12.7. The molecule has 0 aromatic heterocycles. The van der Waals surface area contributed by atoms with Crippen molar-refractivity contribution < 1.29 is 13.2 Å². The quantitative estimate of drug-likeness (QED) is 0.789. The molecule has 0 bridgehead atoms. The monoisotopic (exact) mass is 345 g/mol. The first-order valence-corrected chi connectivity index (χ1v) is 10.1. The summed E-state index contributed by atoms with van der Waals surface area (Å²) in [6.45, 7) is 2.93. The molecule has 23 heavy (non-hydrogen) atoms. The first-order valence-electron chi connectivity index (χ1n) is 8.74. The number of nitrogens with zero attached hydrogens (tertiary/aromatic N) is 2.